The third-order valence-electron chi connectivity index (χ3n) is 5.80. The summed E-state index contributed by atoms with van der Waals surface area (Å²) < 4.78 is 29.5. The number of sulfonamides is 1. The zero-order valence-electron chi connectivity index (χ0n) is 18.3. The van der Waals surface area contributed by atoms with Crippen LogP contribution in [0.1, 0.15) is 57.7 Å². The minimum Gasteiger partial charge on any atom is -0.324 e. The van der Waals surface area contributed by atoms with Gasteiger partial charge in [0, 0.05) is 25.6 Å². The van der Waals surface area contributed by atoms with Gasteiger partial charge in [-0.3, -0.25) is 4.79 Å². The molecular weight excluding hydrogens is 470 g/mol. The molecular formula is C21H28ClN5O3S2. The largest absolute Gasteiger partial charge is 0.324 e. The maximum Gasteiger partial charge on any atom is 0.243 e. The van der Waals surface area contributed by atoms with Crippen molar-refractivity contribution < 1.29 is 13.2 Å². The van der Waals surface area contributed by atoms with Crippen molar-refractivity contribution in [1.29, 1.82) is 0 Å². The fraction of sp³-hybridized carbons (Fsp3) is 0.571. The van der Waals surface area contributed by atoms with Gasteiger partial charge in [0.15, 0.2) is 5.16 Å². The van der Waals surface area contributed by atoms with Gasteiger partial charge in [-0.15, -0.1) is 10.2 Å². The van der Waals surface area contributed by atoms with Crippen LogP contribution in [0.15, 0.2) is 28.3 Å². The first-order valence-electron chi connectivity index (χ1n) is 11.0. The zero-order valence-corrected chi connectivity index (χ0v) is 20.6. The van der Waals surface area contributed by atoms with Crippen LogP contribution in [0.25, 0.3) is 0 Å². The number of thioether (sulfide) groups is 1. The number of anilines is 1. The molecule has 2 aliphatic rings. The summed E-state index contributed by atoms with van der Waals surface area (Å²) in [5, 5.41) is 11.9. The fourth-order valence-electron chi connectivity index (χ4n) is 3.79. The van der Waals surface area contributed by atoms with Crippen LogP contribution in [-0.2, 0) is 21.4 Å². The Morgan fingerprint density at radius 3 is 2.62 bits per heavy atom. The third kappa shape index (κ3) is 4.98. The molecule has 32 heavy (non-hydrogen) atoms. The van der Waals surface area contributed by atoms with E-state index in [4.69, 9.17) is 11.6 Å². The summed E-state index contributed by atoms with van der Waals surface area (Å²) in [6.45, 7) is 5.60. The topological polar surface area (TPSA) is 97.2 Å². The lowest BCUT2D eigenvalue weighted by Crippen LogP contribution is -2.35. The van der Waals surface area contributed by atoms with E-state index in [1.807, 2.05) is 6.92 Å². The average molecular weight is 498 g/mol. The van der Waals surface area contributed by atoms with Crippen LogP contribution in [0, 0.1) is 0 Å². The highest BCUT2D eigenvalue weighted by atomic mass is 35.5. The quantitative estimate of drug-likeness (QED) is 0.551. The highest BCUT2D eigenvalue weighted by molar-refractivity contribution is 8.00. The van der Waals surface area contributed by atoms with E-state index in [1.165, 1.54) is 34.3 Å². The minimum absolute atomic E-state index is 0.138. The molecule has 1 N–H and O–H groups in total. The monoisotopic (exact) mass is 497 g/mol. The number of piperidine rings is 1. The number of rotatable bonds is 8. The lowest BCUT2D eigenvalue weighted by Gasteiger charge is -2.26. The van der Waals surface area contributed by atoms with Crippen molar-refractivity contribution in [3.8, 4) is 0 Å². The molecule has 4 rings (SSSR count). The summed E-state index contributed by atoms with van der Waals surface area (Å²) in [7, 11) is -3.62. The predicted molar refractivity (Wildman–Crippen MR) is 126 cm³/mol. The molecule has 0 bridgehead atoms. The van der Waals surface area contributed by atoms with Gasteiger partial charge in [0.25, 0.3) is 0 Å². The molecule has 174 valence electrons. The van der Waals surface area contributed by atoms with Crippen molar-refractivity contribution in [3.05, 3.63) is 29.0 Å². The van der Waals surface area contributed by atoms with Crippen molar-refractivity contribution in [2.75, 3.05) is 18.4 Å². The Kier molecular flexibility index (Phi) is 7.14. The molecule has 2 heterocycles. The number of aromatic nitrogens is 3. The zero-order chi connectivity index (χ0) is 22.9. The van der Waals surface area contributed by atoms with Crippen LogP contribution in [0.5, 0.6) is 0 Å². The average Bonchev–Trinajstić information content (AvgIpc) is 3.56. The smallest absolute Gasteiger partial charge is 0.243 e. The van der Waals surface area contributed by atoms with Crippen molar-refractivity contribution >= 4 is 45.0 Å². The summed E-state index contributed by atoms with van der Waals surface area (Å²) in [5.74, 6) is 1.19. The lowest BCUT2D eigenvalue weighted by atomic mass is 10.2. The molecule has 0 unspecified atom stereocenters. The van der Waals surface area contributed by atoms with Crippen molar-refractivity contribution in [1.82, 2.24) is 19.1 Å². The number of nitrogens with one attached hydrogen (secondary N) is 1. The molecule has 1 atom stereocenters. The Balaban J connectivity index is 1.47. The molecule has 1 aliphatic heterocycles. The summed E-state index contributed by atoms with van der Waals surface area (Å²) in [6.07, 6.45) is 5.02. The van der Waals surface area contributed by atoms with Crippen LogP contribution < -0.4 is 5.32 Å². The number of carbonyl (C=O) groups excluding carboxylic acids is 1. The number of benzene rings is 1. The highest BCUT2D eigenvalue weighted by Crippen LogP contribution is 2.40. The number of halogens is 1. The molecule has 1 amide bonds. The van der Waals surface area contributed by atoms with Gasteiger partial charge in [0.05, 0.1) is 20.9 Å². The van der Waals surface area contributed by atoms with E-state index in [0.717, 1.165) is 44.5 Å². The molecule has 1 aromatic carbocycles. The SMILES string of the molecule is CCn1c(S[C@@H](C)C(=O)Nc2cc(S(=O)(=O)N3CCCCC3)ccc2Cl)nnc1C1CC1. The van der Waals surface area contributed by atoms with E-state index >= 15 is 0 Å². The van der Waals surface area contributed by atoms with Crippen LogP contribution in [0.2, 0.25) is 5.02 Å². The van der Waals surface area contributed by atoms with Gasteiger partial charge in [0.2, 0.25) is 15.9 Å². The Morgan fingerprint density at radius 2 is 1.97 bits per heavy atom. The van der Waals surface area contributed by atoms with E-state index in [2.05, 4.69) is 20.1 Å². The Bertz CT molecular complexity index is 1090. The van der Waals surface area contributed by atoms with Crippen molar-refractivity contribution in [2.24, 2.45) is 0 Å². The first-order chi connectivity index (χ1) is 15.3. The van der Waals surface area contributed by atoms with E-state index < -0.39 is 15.3 Å². The van der Waals surface area contributed by atoms with Gasteiger partial charge in [-0.1, -0.05) is 29.8 Å². The first kappa shape index (κ1) is 23.5. The van der Waals surface area contributed by atoms with Gasteiger partial charge >= 0.3 is 0 Å². The Labute approximate surface area is 198 Å². The van der Waals surface area contributed by atoms with E-state index in [1.54, 1.807) is 6.92 Å². The van der Waals surface area contributed by atoms with E-state index in [0.29, 0.717) is 29.2 Å². The number of hydrogen-bond acceptors (Lipinski definition) is 6. The summed E-state index contributed by atoms with van der Waals surface area (Å²) in [5.41, 5.74) is 0.290. The van der Waals surface area contributed by atoms with Gasteiger partial charge in [-0.25, -0.2) is 8.42 Å². The molecule has 2 aromatic rings. The lowest BCUT2D eigenvalue weighted by molar-refractivity contribution is -0.115. The molecule has 8 nitrogen and oxygen atoms in total. The molecule has 0 radical (unpaired) electrons. The second-order valence-corrected chi connectivity index (χ2v) is 11.9. The van der Waals surface area contributed by atoms with Crippen LogP contribution >= 0.6 is 23.4 Å². The van der Waals surface area contributed by atoms with E-state index in [9.17, 15) is 13.2 Å². The molecule has 11 heteroatoms. The Hall–Kier alpha value is -1.62. The number of amides is 1. The summed E-state index contributed by atoms with van der Waals surface area (Å²) in [4.78, 5) is 13.0. The maximum absolute atomic E-state index is 13.0. The molecule has 1 aromatic heterocycles. The number of nitrogens with zero attached hydrogens (tertiary/aromatic N) is 4. The van der Waals surface area contributed by atoms with Crippen LogP contribution in [0.3, 0.4) is 0 Å². The first-order valence-corrected chi connectivity index (χ1v) is 13.7. The summed E-state index contributed by atoms with van der Waals surface area (Å²) in [6, 6.07) is 4.45. The maximum atomic E-state index is 13.0. The van der Waals surface area contributed by atoms with E-state index in [-0.39, 0.29) is 16.5 Å². The molecule has 1 aliphatic carbocycles. The second-order valence-electron chi connectivity index (χ2n) is 8.22. The predicted octanol–water partition coefficient (Wildman–Crippen LogP) is 4.12. The molecule has 0 spiro atoms. The van der Waals surface area contributed by atoms with Gasteiger partial charge < -0.3 is 9.88 Å². The van der Waals surface area contributed by atoms with Gasteiger partial charge in [-0.05, 0) is 57.7 Å². The van der Waals surface area contributed by atoms with Gasteiger partial charge in [0.1, 0.15) is 5.82 Å². The van der Waals surface area contributed by atoms with Crippen LogP contribution in [0.4, 0.5) is 5.69 Å². The summed E-state index contributed by atoms with van der Waals surface area (Å²) >= 11 is 7.61. The molecule has 1 saturated heterocycles. The number of hydrogen-bond donors (Lipinski definition) is 1. The minimum atomic E-state index is -3.62. The van der Waals surface area contributed by atoms with Crippen molar-refractivity contribution in [3.63, 3.8) is 0 Å². The standard InChI is InChI=1S/C21H28ClN5O3S2/c1-3-27-19(15-7-8-15)24-25-21(27)31-14(2)20(28)23-18-13-16(9-10-17(18)22)32(29,30)26-11-5-4-6-12-26/h9-10,13-15H,3-8,11-12H2,1-2H3,(H,23,28)/t14-/m0/s1. The normalized spacial score (nSPS) is 18.5. The molecule has 2 fully saturated rings. The fourth-order valence-corrected chi connectivity index (χ4v) is 6.42. The molecule has 1 saturated carbocycles. The second kappa shape index (κ2) is 9.70. The number of carbonyl (C=O) groups is 1. The highest BCUT2D eigenvalue weighted by Gasteiger charge is 2.31. The van der Waals surface area contributed by atoms with Crippen LogP contribution in [-0.4, -0.2) is 51.7 Å². The Morgan fingerprint density at radius 1 is 1.25 bits per heavy atom. The van der Waals surface area contributed by atoms with Crippen molar-refractivity contribution in [2.45, 2.75) is 73.7 Å². The third-order valence-corrected chi connectivity index (χ3v) is 9.11. The van der Waals surface area contributed by atoms with Gasteiger partial charge in [-0.2, -0.15) is 4.31 Å².